The maximum absolute atomic E-state index is 10.5. The van der Waals surface area contributed by atoms with Crippen molar-refractivity contribution < 1.29 is 9.90 Å². The summed E-state index contributed by atoms with van der Waals surface area (Å²) in [4.78, 5) is 14.5. The summed E-state index contributed by atoms with van der Waals surface area (Å²) in [5, 5.41) is 10.5. The zero-order valence-corrected chi connectivity index (χ0v) is 7.37. The number of carboxylic acids is 1. The van der Waals surface area contributed by atoms with E-state index in [9.17, 15) is 9.90 Å². The van der Waals surface area contributed by atoms with Crippen molar-refractivity contribution in [3.05, 3.63) is 17.7 Å². The van der Waals surface area contributed by atoms with Crippen molar-refractivity contribution in [1.29, 1.82) is 0 Å². The number of nitrogens with zero attached hydrogens (tertiary/aromatic N) is 2. The van der Waals surface area contributed by atoms with Crippen molar-refractivity contribution in [3.8, 4) is 0 Å². The van der Waals surface area contributed by atoms with Crippen molar-refractivity contribution in [2.45, 2.75) is 19.8 Å². The smallest absolute Gasteiger partial charge is 0.0949 e. The van der Waals surface area contributed by atoms with Crippen molar-refractivity contribution in [2.75, 3.05) is 0 Å². The lowest BCUT2D eigenvalue weighted by Gasteiger charge is -2.13. The molecule has 1 aromatic heterocycles. The predicted molar refractivity (Wildman–Crippen MR) is 41.4 cm³/mol. The summed E-state index contributed by atoms with van der Waals surface area (Å²) in [7, 11) is 1.77. The number of carbonyl (C=O) groups excluding carboxylic acids is 1. The van der Waals surface area contributed by atoms with Gasteiger partial charge in [-0.2, -0.15) is 0 Å². The fourth-order valence-electron chi connectivity index (χ4n) is 1.29. The SMILES string of the molecule is Cc1ncn(C)c1C(C)C(=O)[O-]. The average molecular weight is 167 g/mol. The summed E-state index contributed by atoms with van der Waals surface area (Å²) in [6.07, 6.45) is 1.60. The van der Waals surface area contributed by atoms with E-state index < -0.39 is 11.9 Å². The van der Waals surface area contributed by atoms with E-state index in [0.29, 0.717) is 5.69 Å². The molecule has 1 aromatic rings. The molecule has 0 amide bonds. The number of hydrogen-bond acceptors (Lipinski definition) is 3. The normalized spacial score (nSPS) is 12.9. The highest BCUT2D eigenvalue weighted by atomic mass is 16.4. The van der Waals surface area contributed by atoms with Crippen LogP contribution in [0.5, 0.6) is 0 Å². The van der Waals surface area contributed by atoms with E-state index in [4.69, 9.17) is 0 Å². The van der Waals surface area contributed by atoms with E-state index in [0.717, 1.165) is 5.69 Å². The lowest BCUT2D eigenvalue weighted by atomic mass is 10.1. The minimum absolute atomic E-state index is 0.600. The van der Waals surface area contributed by atoms with Crippen LogP contribution in [-0.4, -0.2) is 15.5 Å². The molecule has 0 saturated carbocycles. The number of aryl methyl sites for hydroxylation is 2. The molecule has 0 aliphatic carbocycles. The second kappa shape index (κ2) is 2.97. The van der Waals surface area contributed by atoms with Crippen molar-refractivity contribution in [1.82, 2.24) is 9.55 Å². The second-order valence-corrected chi connectivity index (χ2v) is 2.87. The number of aromatic nitrogens is 2. The number of aliphatic carboxylic acids is 1. The Kier molecular flexibility index (Phi) is 2.17. The molecule has 0 aliphatic heterocycles. The molecule has 4 heteroatoms. The molecule has 1 heterocycles. The van der Waals surface area contributed by atoms with Gasteiger partial charge in [-0.15, -0.1) is 0 Å². The minimum Gasteiger partial charge on any atom is -0.549 e. The largest absolute Gasteiger partial charge is 0.549 e. The maximum Gasteiger partial charge on any atom is 0.0949 e. The van der Waals surface area contributed by atoms with Crippen LogP contribution in [0.4, 0.5) is 0 Å². The van der Waals surface area contributed by atoms with Gasteiger partial charge in [0.2, 0.25) is 0 Å². The molecule has 1 atom stereocenters. The first-order valence-corrected chi connectivity index (χ1v) is 3.72. The monoisotopic (exact) mass is 167 g/mol. The maximum atomic E-state index is 10.5. The Morgan fingerprint density at radius 3 is 2.67 bits per heavy atom. The third kappa shape index (κ3) is 1.32. The van der Waals surface area contributed by atoms with E-state index >= 15 is 0 Å². The first kappa shape index (κ1) is 8.77. The Balaban J connectivity index is 3.08. The molecule has 66 valence electrons. The molecule has 0 fully saturated rings. The molecule has 1 unspecified atom stereocenters. The van der Waals surface area contributed by atoms with Crippen LogP contribution in [0, 0.1) is 6.92 Å². The summed E-state index contributed by atoms with van der Waals surface area (Å²) in [5.74, 6) is -1.67. The third-order valence-electron chi connectivity index (χ3n) is 1.94. The van der Waals surface area contributed by atoms with Gasteiger partial charge in [-0.3, -0.25) is 0 Å². The van der Waals surface area contributed by atoms with Crippen LogP contribution in [0.3, 0.4) is 0 Å². The van der Waals surface area contributed by atoms with Crippen LogP contribution >= 0.6 is 0 Å². The van der Waals surface area contributed by atoms with Gasteiger partial charge in [0.15, 0.2) is 0 Å². The zero-order chi connectivity index (χ0) is 9.30. The number of hydrogen-bond donors (Lipinski definition) is 0. The number of imidazole rings is 1. The Morgan fingerprint density at radius 1 is 1.75 bits per heavy atom. The highest BCUT2D eigenvalue weighted by Crippen LogP contribution is 2.16. The van der Waals surface area contributed by atoms with Gasteiger partial charge in [0.25, 0.3) is 0 Å². The molecule has 0 aromatic carbocycles. The van der Waals surface area contributed by atoms with Crippen molar-refractivity contribution in [3.63, 3.8) is 0 Å². The van der Waals surface area contributed by atoms with Crippen LogP contribution in [0.25, 0.3) is 0 Å². The van der Waals surface area contributed by atoms with Gasteiger partial charge in [-0.05, 0) is 6.92 Å². The molecule has 0 N–H and O–H groups in total. The standard InChI is InChI=1S/C8H12N2O2/c1-5(8(11)12)7-6(2)9-4-10(7)3/h4-5H,1-3H3,(H,11,12)/p-1. The highest BCUT2D eigenvalue weighted by molar-refractivity contribution is 5.73. The molecule has 0 bridgehead atoms. The predicted octanol–water partition coefficient (Wildman–Crippen LogP) is -0.418. The molecule has 1 rings (SSSR count). The van der Waals surface area contributed by atoms with E-state index in [-0.39, 0.29) is 0 Å². The second-order valence-electron chi connectivity index (χ2n) is 2.87. The van der Waals surface area contributed by atoms with Gasteiger partial charge >= 0.3 is 0 Å². The Bertz CT molecular complexity index is 285. The average Bonchev–Trinajstić information content (AvgIpc) is 2.30. The fourth-order valence-corrected chi connectivity index (χ4v) is 1.29. The van der Waals surface area contributed by atoms with Gasteiger partial charge < -0.3 is 14.5 Å². The number of rotatable bonds is 2. The third-order valence-corrected chi connectivity index (χ3v) is 1.94. The van der Waals surface area contributed by atoms with Crippen LogP contribution < -0.4 is 5.11 Å². The minimum atomic E-state index is -1.07. The highest BCUT2D eigenvalue weighted by Gasteiger charge is 2.13. The lowest BCUT2D eigenvalue weighted by Crippen LogP contribution is -2.29. The Morgan fingerprint density at radius 2 is 2.33 bits per heavy atom. The molecule has 0 radical (unpaired) electrons. The van der Waals surface area contributed by atoms with Crippen LogP contribution in [0.2, 0.25) is 0 Å². The molecule has 0 spiro atoms. The van der Waals surface area contributed by atoms with Gasteiger partial charge in [0, 0.05) is 18.7 Å². The van der Waals surface area contributed by atoms with E-state index in [1.165, 1.54) is 0 Å². The van der Waals surface area contributed by atoms with E-state index in [1.54, 1.807) is 31.8 Å². The molecule has 0 saturated heterocycles. The molecule has 4 nitrogen and oxygen atoms in total. The molecular weight excluding hydrogens is 156 g/mol. The Hall–Kier alpha value is -1.32. The van der Waals surface area contributed by atoms with Crippen LogP contribution in [-0.2, 0) is 11.8 Å². The van der Waals surface area contributed by atoms with Gasteiger partial charge in [-0.1, -0.05) is 6.92 Å². The van der Waals surface area contributed by atoms with Crippen LogP contribution in [0.1, 0.15) is 24.2 Å². The van der Waals surface area contributed by atoms with Crippen molar-refractivity contribution >= 4 is 5.97 Å². The van der Waals surface area contributed by atoms with Crippen LogP contribution in [0.15, 0.2) is 6.33 Å². The molecular formula is C8H11N2O2-. The topological polar surface area (TPSA) is 58.0 Å². The number of carbonyl (C=O) groups is 1. The van der Waals surface area contributed by atoms with Gasteiger partial charge in [-0.25, -0.2) is 4.98 Å². The fraction of sp³-hybridized carbons (Fsp3) is 0.500. The van der Waals surface area contributed by atoms with E-state index in [2.05, 4.69) is 4.98 Å². The molecule has 0 aliphatic rings. The number of carboxylic acid groups (broad SMARTS) is 1. The first-order chi connectivity index (χ1) is 5.54. The zero-order valence-electron chi connectivity index (χ0n) is 7.37. The van der Waals surface area contributed by atoms with Crippen molar-refractivity contribution in [2.24, 2.45) is 7.05 Å². The lowest BCUT2D eigenvalue weighted by molar-refractivity contribution is -0.307. The van der Waals surface area contributed by atoms with Gasteiger partial charge in [0.05, 0.1) is 18.0 Å². The molecule has 12 heavy (non-hydrogen) atoms. The summed E-state index contributed by atoms with van der Waals surface area (Å²) in [6, 6.07) is 0. The summed E-state index contributed by atoms with van der Waals surface area (Å²) in [6.45, 7) is 3.38. The quantitative estimate of drug-likeness (QED) is 0.601. The Labute approximate surface area is 70.9 Å². The first-order valence-electron chi connectivity index (χ1n) is 3.72. The van der Waals surface area contributed by atoms with E-state index in [1.807, 2.05) is 0 Å². The summed E-state index contributed by atoms with van der Waals surface area (Å²) >= 11 is 0. The van der Waals surface area contributed by atoms with Gasteiger partial charge in [0.1, 0.15) is 0 Å². The summed E-state index contributed by atoms with van der Waals surface area (Å²) in [5.41, 5.74) is 1.45. The summed E-state index contributed by atoms with van der Waals surface area (Å²) < 4.78 is 1.70.